The molecule has 0 saturated heterocycles. The Morgan fingerprint density at radius 1 is 1.17 bits per heavy atom. The van der Waals surface area contributed by atoms with Crippen molar-refractivity contribution in [3.05, 3.63) is 28.8 Å². The van der Waals surface area contributed by atoms with Crippen LogP contribution in [0.25, 0.3) is 0 Å². The first kappa shape index (κ1) is 9.03. The van der Waals surface area contributed by atoms with Gasteiger partial charge in [-0.25, -0.2) is 0 Å². The minimum Gasteiger partial charge on any atom is -0.507 e. The Morgan fingerprint density at radius 2 is 1.83 bits per heavy atom. The summed E-state index contributed by atoms with van der Waals surface area (Å²) in [6, 6.07) is 3.40. The lowest BCUT2D eigenvalue weighted by Gasteiger charge is -2.08. The number of aliphatic hydroxyl groups excluding tert-OH is 2. The van der Waals surface area contributed by atoms with Crippen LogP contribution >= 0.6 is 0 Å². The zero-order chi connectivity index (χ0) is 9.14. The number of rotatable bonds is 2. The molecule has 3 heteroatoms. The third kappa shape index (κ3) is 1.42. The Labute approximate surface area is 70.9 Å². The lowest BCUT2D eigenvalue weighted by atomic mass is 10.0. The van der Waals surface area contributed by atoms with Crippen molar-refractivity contribution in [3.63, 3.8) is 0 Å². The molecule has 3 N–H and O–H groups in total. The number of phenols is 1. The maximum Gasteiger partial charge on any atom is 0.124 e. The van der Waals surface area contributed by atoms with Crippen LogP contribution in [-0.4, -0.2) is 15.3 Å². The zero-order valence-corrected chi connectivity index (χ0v) is 6.91. The van der Waals surface area contributed by atoms with Crippen molar-refractivity contribution in [2.75, 3.05) is 0 Å². The van der Waals surface area contributed by atoms with E-state index in [1.54, 1.807) is 19.1 Å². The van der Waals surface area contributed by atoms with E-state index in [0.717, 1.165) is 0 Å². The molecule has 12 heavy (non-hydrogen) atoms. The van der Waals surface area contributed by atoms with Crippen LogP contribution in [0, 0.1) is 6.92 Å². The van der Waals surface area contributed by atoms with Crippen molar-refractivity contribution in [2.24, 2.45) is 0 Å². The molecular formula is C9H12O3. The highest BCUT2D eigenvalue weighted by Crippen LogP contribution is 2.25. The number of aryl methyl sites for hydroxylation is 1. The summed E-state index contributed by atoms with van der Waals surface area (Å²) in [5.41, 5.74) is 1.69. The molecule has 0 amide bonds. The van der Waals surface area contributed by atoms with Crippen LogP contribution in [0.2, 0.25) is 0 Å². The second-order valence-electron chi connectivity index (χ2n) is 2.68. The molecule has 0 bridgehead atoms. The Morgan fingerprint density at radius 3 is 2.33 bits per heavy atom. The molecule has 66 valence electrons. The van der Waals surface area contributed by atoms with E-state index in [1.807, 2.05) is 0 Å². The van der Waals surface area contributed by atoms with Gasteiger partial charge < -0.3 is 15.3 Å². The summed E-state index contributed by atoms with van der Waals surface area (Å²) in [7, 11) is 0. The number of benzene rings is 1. The van der Waals surface area contributed by atoms with Crippen molar-refractivity contribution in [1.82, 2.24) is 0 Å². The van der Waals surface area contributed by atoms with Gasteiger partial charge in [-0.2, -0.15) is 0 Å². The van der Waals surface area contributed by atoms with Gasteiger partial charge in [-0.15, -0.1) is 0 Å². The van der Waals surface area contributed by atoms with Gasteiger partial charge >= 0.3 is 0 Å². The van der Waals surface area contributed by atoms with Gasteiger partial charge in [0.15, 0.2) is 0 Å². The van der Waals surface area contributed by atoms with Crippen molar-refractivity contribution in [1.29, 1.82) is 0 Å². The lowest BCUT2D eigenvalue weighted by molar-refractivity contribution is 0.255. The molecule has 0 saturated carbocycles. The average Bonchev–Trinajstić information content (AvgIpc) is 2.09. The summed E-state index contributed by atoms with van der Waals surface area (Å²) in [5.74, 6) is 0.0732. The predicted molar refractivity (Wildman–Crippen MR) is 44.7 cm³/mol. The molecule has 1 aromatic carbocycles. The topological polar surface area (TPSA) is 60.7 Å². The van der Waals surface area contributed by atoms with Crippen LogP contribution in [0.15, 0.2) is 12.1 Å². The summed E-state index contributed by atoms with van der Waals surface area (Å²) in [6.07, 6.45) is 0. The molecule has 0 spiro atoms. The third-order valence-electron chi connectivity index (χ3n) is 1.91. The fraction of sp³-hybridized carbons (Fsp3) is 0.333. The van der Waals surface area contributed by atoms with Gasteiger partial charge in [-0.05, 0) is 18.1 Å². The number of hydrogen-bond donors (Lipinski definition) is 3. The highest BCUT2D eigenvalue weighted by atomic mass is 16.3. The van der Waals surface area contributed by atoms with Crippen LogP contribution in [-0.2, 0) is 13.2 Å². The van der Waals surface area contributed by atoms with Crippen LogP contribution in [0.1, 0.15) is 16.7 Å². The second kappa shape index (κ2) is 3.56. The largest absolute Gasteiger partial charge is 0.507 e. The highest BCUT2D eigenvalue weighted by Gasteiger charge is 2.07. The SMILES string of the molecule is Cc1ccc(CO)c(CO)c1O. The smallest absolute Gasteiger partial charge is 0.124 e. The average molecular weight is 168 g/mol. The van der Waals surface area contributed by atoms with E-state index in [1.165, 1.54) is 0 Å². The molecule has 0 fully saturated rings. The van der Waals surface area contributed by atoms with Crippen LogP contribution in [0.4, 0.5) is 0 Å². The molecule has 0 radical (unpaired) electrons. The molecule has 0 aliphatic rings. The van der Waals surface area contributed by atoms with Gasteiger partial charge in [-0.3, -0.25) is 0 Å². The molecule has 3 nitrogen and oxygen atoms in total. The number of aliphatic hydroxyl groups is 2. The number of aromatic hydroxyl groups is 1. The van der Waals surface area contributed by atoms with Gasteiger partial charge in [0.25, 0.3) is 0 Å². The second-order valence-corrected chi connectivity index (χ2v) is 2.68. The van der Waals surface area contributed by atoms with E-state index in [-0.39, 0.29) is 19.0 Å². The van der Waals surface area contributed by atoms with Gasteiger partial charge in [0.1, 0.15) is 5.75 Å². The molecule has 0 unspecified atom stereocenters. The van der Waals surface area contributed by atoms with Crippen molar-refractivity contribution in [2.45, 2.75) is 20.1 Å². The summed E-state index contributed by atoms with van der Waals surface area (Å²) in [5, 5.41) is 27.2. The standard InChI is InChI=1S/C9H12O3/c1-6-2-3-7(4-10)8(5-11)9(6)12/h2-3,10-12H,4-5H2,1H3. The minimum atomic E-state index is -0.247. The van der Waals surface area contributed by atoms with Crippen LogP contribution < -0.4 is 0 Å². The Bertz CT molecular complexity index is 281. The number of hydrogen-bond acceptors (Lipinski definition) is 3. The highest BCUT2D eigenvalue weighted by molar-refractivity contribution is 5.44. The first-order valence-electron chi connectivity index (χ1n) is 3.72. The summed E-state index contributed by atoms with van der Waals surface area (Å²) in [6.45, 7) is 1.34. The molecular weight excluding hydrogens is 156 g/mol. The maximum absolute atomic E-state index is 9.44. The first-order chi connectivity index (χ1) is 5.70. The Kier molecular flexibility index (Phi) is 2.68. The van der Waals surface area contributed by atoms with E-state index < -0.39 is 0 Å². The van der Waals surface area contributed by atoms with Crippen molar-refractivity contribution >= 4 is 0 Å². The third-order valence-corrected chi connectivity index (χ3v) is 1.91. The monoisotopic (exact) mass is 168 g/mol. The normalized spacial score (nSPS) is 10.2. The van der Waals surface area contributed by atoms with Crippen molar-refractivity contribution < 1.29 is 15.3 Å². The quantitative estimate of drug-likeness (QED) is 0.608. The van der Waals surface area contributed by atoms with E-state index in [4.69, 9.17) is 10.2 Å². The first-order valence-corrected chi connectivity index (χ1v) is 3.72. The Balaban J connectivity index is 3.25. The molecule has 0 atom stereocenters. The van der Waals surface area contributed by atoms with Crippen molar-refractivity contribution in [3.8, 4) is 5.75 Å². The maximum atomic E-state index is 9.44. The lowest BCUT2D eigenvalue weighted by Crippen LogP contribution is -1.95. The summed E-state index contributed by atoms with van der Waals surface area (Å²) in [4.78, 5) is 0. The van der Waals surface area contributed by atoms with E-state index >= 15 is 0 Å². The molecule has 0 aliphatic carbocycles. The Hall–Kier alpha value is -1.06. The van der Waals surface area contributed by atoms with Crippen LogP contribution in [0.3, 0.4) is 0 Å². The van der Waals surface area contributed by atoms with Gasteiger partial charge in [-0.1, -0.05) is 12.1 Å². The van der Waals surface area contributed by atoms with E-state index in [9.17, 15) is 5.11 Å². The molecule has 0 heterocycles. The van der Waals surface area contributed by atoms with E-state index in [2.05, 4.69) is 0 Å². The van der Waals surface area contributed by atoms with Gasteiger partial charge in [0, 0.05) is 5.56 Å². The minimum absolute atomic E-state index is 0.0732. The molecule has 1 rings (SSSR count). The summed E-state index contributed by atoms with van der Waals surface area (Å²) < 4.78 is 0. The van der Waals surface area contributed by atoms with Gasteiger partial charge in [0.2, 0.25) is 0 Å². The fourth-order valence-electron chi connectivity index (χ4n) is 1.12. The zero-order valence-electron chi connectivity index (χ0n) is 6.91. The molecule has 0 aromatic heterocycles. The van der Waals surface area contributed by atoms with Gasteiger partial charge in [0.05, 0.1) is 13.2 Å². The van der Waals surface area contributed by atoms with Crippen LogP contribution in [0.5, 0.6) is 5.75 Å². The summed E-state index contributed by atoms with van der Waals surface area (Å²) >= 11 is 0. The fourth-order valence-corrected chi connectivity index (χ4v) is 1.12. The molecule has 1 aromatic rings. The van der Waals surface area contributed by atoms with E-state index in [0.29, 0.717) is 16.7 Å². The predicted octanol–water partition coefficient (Wildman–Crippen LogP) is 0.685. The molecule has 0 aliphatic heterocycles.